The topological polar surface area (TPSA) is 34.2 Å². The van der Waals surface area contributed by atoms with Crippen LogP contribution in [-0.4, -0.2) is 69.0 Å². The van der Waals surface area contributed by atoms with Crippen molar-refractivity contribution in [3.63, 3.8) is 0 Å². The molecule has 5 nitrogen and oxygen atoms in total. The SMILES string of the molecule is COCCOc1cccc(OC)c1CN1CC(C(c2ccccc2)c2ccccc2)N2CCC[C@H]2C1. The molecule has 36 heavy (non-hydrogen) atoms. The lowest BCUT2D eigenvalue weighted by atomic mass is 9.82. The maximum Gasteiger partial charge on any atom is 0.127 e. The van der Waals surface area contributed by atoms with E-state index in [4.69, 9.17) is 14.2 Å². The second-order valence-corrected chi connectivity index (χ2v) is 9.87. The number of ether oxygens (including phenoxy) is 3. The van der Waals surface area contributed by atoms with E-state index in [-0.39, 0.29) is 0 Å². The molecule has 5 rings (SSSR count). The van der Waals surface area contributed by atoms with Gasteiger partial charge in [-0.25, -0.2) is 0 Å². The van der Waals surface area contributed by atoms with E-state index >= 15 is 0 Å². The zero-order valence-electron chi connectivity index (χ0n) is 21.5. The van der Waals surface area contributed by atoms with Crippen LogP contribution in [0.5, 0.6) is 11.5 Å². The van der Waals surface area contributed by atoms with Crippen molar-refractivity contribution in [2.24, 2.45) is 0 Å². The molecule has 0 saturated carbocycles. The van der Waals surface area contributed by atoms with Gasteiger partial charge < -0.3 is 14.2 Å². The van der Waals surface area contributed by atoms with Crippen molar-refractivity contribution in [3.8, 4) is 11.5 Å². The molecule has 2 saturated heterocycles. The van der Waals surface area contributed by atoms with Crippen molar-refractivity contribution in [2.75, 3.05) is 47.1 Å². The molecule has 0 radical (unpaired) electrons. The normalized spacial score (nSPS) is 20.4. The largest absolute Gasteiger partial charge is 0.496 e. The summed E-state index contributed by atoms with van der Waals surface area (Å²) in [4.78, 5) is 5.41. The van der Waals surface area contributed by atoms with Gasteiger partial charge in [0, 0.05) is 44.7 Å². The average molecular weight is 487 g/mol. The Hall–Kier alpha value is -2.86. The van der Waals surface area contributed by atoms with Gasteiger partial charge in [-0.3, -0.25) is 9.80 Å². The van der Waals surface area contributed by atoms with Crippen molar-refractivity contribution in [3.05, 3.63) is 95.6 Å². The molecule has 0 aromatic heterocycles. The highest BCUT2D eigenvalue weighted by molar-refractivity contribution is 5.45. The Kier molecular flexibility index (Phi) is 8.22. The zero-order valence-corrected chi connectivity index (χ0v) is 21.5. The van der Waals surface area contributed by atoms with Crippen LogP contribution in [0.2, 0.25) is 0 Å². The molecule has 3 aromatic carbocycles. The van der Waals surface area contributed by atoms with Gasteiger partial charge >= 0.3 is 0 Å². The first kappa shape index (κ1) is 24.8. The summed E-state index contributed by atoms with van der Waals surface area (Å²) in [7, 11) is 3.45. The van der Waals surface area contributed by atoms with Gasteiger partial charge in [-0.15, -0.1) is 0 Å². The van der Waals surface area contributed by atoms with Crippen molar-refractivity contribution >= 4 is 0 Å². The molecule has 0 amide bonds. The Morgan fingerprint density at radius 2 is 1.50 bits per heavy atom. The van der Waals surface area contributed by atoms with Crippen LogP contribution in [0.3, 0.4) is 0 Å². The van der Waals surface area contributed by atoms with E-state index in [2.05, 4.69) is 70.5 Å². The lowest BCUT2D eigenvalue weighted by Gasteiger charge is -2.47. The Labute approximate surface area is 215 Å². The maximum atomic E-state index is 6.12. The van der Waals surface area contributed by atoms with E-state index in [1.807, 2.05) is 18.2 Å². The molecular weight excluding hydrogens is 448 g/mol. The summed E-state index contributed by atoms with van der Waals surface area (Å²) >= 11 is 0. The molecule has 190 valence electrons. The van der Waals surface area contributed by atoms with Crippen LogP contribution in [0.25, 0.3) is 0 Å². The molecule has 5 heteroatoms. The van der Waals surface area contributed by atoms with Crippen LogP contribution in [0, 0.1) is 0 Å². The van der Waals surface area contributed by atoms with Crippen LogP contribution in [0.1, 0.15) is 35.4 Å². The Morgan fingerprint density at radius 1 is 0.806 bits per heavy atom. The predicted octanol–water partition coefficient (Wildman–Crippen LogP) is 5.20. The number of piperazine rings is 1. The lowest BCUT2D eigenvalue weighted by Crippen LogP contribution is -2.57. The van der Waals surface area contributed by atoms with E-state index in [1.54, 1.807) is 14.2 Å². The second kappa shape index (κ2) is 11.9. The van der Waals surface area contributed by atoms with Crippen molar-refractivity contribution in [1.29, 1.82) is 0 Å². The molecule has 0 spiro atoms. The summed E-state index contributed by atoms with van der Waals surface area (Å²) in [5.74, 6) is 2.10. The Bertz CT molecular complexity index is 1050. The van der Waals surface area contributed by atoms with Gasteiger partial charge in [0.15, 0.2) is 0 Å². The molecule has 3 aromatic rings. The van der Waals surface area contributed by atoms with Crippen molar-refractivity contribution in [1.82, 2.24) is 9.80 Å². The van der Waals surface area contributed by atoms with Gasteiger partial charge in [0.2, 0.25) is 0 Å². The smallest absolute Gasteiger partial charge is 0.127 e. The number of methoxy groups -OCH3 is 2. The highest BCUT2D eigenvalue weighted by Crippen LogP contribution is 2.39. The average Bonchev–Trinajstić information content (AvgIpc) is 3.40. The summed E-state index contributed by atoms with van der Waals surface area (Å²) in [6.07, 6.45) is 2.53. The summed E-state index contributed by atoms with van der Waals surface area (Å²) in [5.41, 5.74) is 3.90. The minimum Gasteiger partial charge on any atom is -0.496 e. The standard InChI is InChI=1S/C31H38N2O3/c1-34-19-20-36-30-17-9-16-29(35-2)27(30)22-32-21-26-15-10-18-33(26)28(23-32)31(24-11-5-3-6-12-24)25-13-7-4-8-14-25/h3-9,11-14,16-17,26,28,31H,10,15,18-23H2,1-2H3/t26-,28?/m0/s1. The van der Waals surface area contributed by atoms with E-state index in [1.165, 1.54) is 30.5 Å². The van der Waals surface area contributed by atoms with Gasteiger partial charge in [-0.05, 0) is 42.6 Å². The number of hydrogen-bond donors (Lipinski definition) is 0. The summed E-state index contributed by atoms with van der Waals surface area (Å²) in [6, 6.07) is 29.2. The van der Waals surface area contributed by atoms with Crippen LogP contribution in [0.4, 0.5) is 0 Å². The summed E-state index contributed by atoms with van der Waals surface area (Å²) in [6.45, 7) is 5.15. The van der Waals surface area contributed by atoms with E-state index in [9.17, 15) is 0 Å². The molecule has 1 unspecified atom stereocenters. The molecule has 2 aliphatic rings. The van der Waals surface area contributed by atoms with Gasteiger partial charge in [0.25, 0.3) is 0 Å². The first-order valence-corrected chi connectivity index (χ1v) is 13.1. The number of rotatable bonds is 10. The van der Waals surface area contributed by atoms with Crippen molar-refractivity contribution in [2.45, 2.75) is 37.4 Å². The van der Waals surface area contributed by atoms with Crippen LogP contribution < -0.4 is 9.47 Å². The first-order chi connectivity index (χ1) is 17.8. The molecule has 2 heterocycles. The molecule has 0 N–H and O–H groups in total. The number of nitrogens with zero attached hydrogens (tertiary/aromatic N) is 2. The van der Waals surface area contributed by atoms with Crippen LogP contribution in [0.15, 0.2) is 78.9 Å². The maximum absolute atomic E-state index is 6.12. The minimum atomic E-state index is 0.325. The third-order valence-electron chi connectivity index (χ3n) is 7.70. The molecule has 0 bridgehead atoms. The molecule has 0 aliphatic carbocycles. The van der Waals surface area contributed by atoms with Gasteiger partial charge in [-0.1, -0.05) is 66.7 Å². The van der Waals surface area contributed by atoms with Gasteiger partial charge in [0.1, 0.15) is 18.1 Å². The van der Waals surface area contributed by atoms with E-state index in [0.717, 1.165) is 36.7 Å². The summed E-state index contributed by atoms with van der Waals surface area (Å²) in [5, 5.41) is 0. The number of hydrogen-bond acceptors (Lipinski definition) is 5. The Morgan fingerprint density at radius 3 is 2.17 bits per heavy atom. The van der Waals surface area contributed by atoms with E-state index in [0.29, 0.717) is 31.2 Å². The zero-order chi connectivity index (χ0) is 24.7. The first-order valence-electron chi connectivity index (χ1n) is 13.1. The fourth-order valence-corrected chi connectivity index (χ4v) is 6.10. The van der Waals surface area contributed by atoms with Crippen LogP contribution in [-0.2, 0) is 11.3 Å². The highest BCUT2D eigenvalue weighted by atomic mass is 16.5. The quantitative estimate of drug-likeness (QED) is 0.368. The molecule has 2 aliphatic heterocycles. The third kappa shape index (κ3) is 5.44. The van der Waals surface area contributed by atoms with Gasteiger partial charge in [0.05, 0.1) is 19.3 Å². The van der Waals surface area contributed by atoms with E-state index < -0.39 is 0 Å². The van der Waals surface area contributed by atoms with Gasteiger partial charge in [-0.2, -0.15) is 0 Å². The predicted molar refractivity (Wildman–Crippen MR) is 144 cm³/mol. The second-order valence-electron chi connectivity index (χ2n) is 9.87. The number of benzene rings is 3. The summed E-state index contributed by atoms with van der Waals surface area (Å²) < 4.78 is 17.1. The lowest BCUT2D eigenvalue weighted by molar-refractivity contribution is 0.0374. The minimum absolute atomic E-state index is 0.325. The monoisotopic (exact) mass is 486 g/mol. The highest BCUT2D eigenvalue weighted by Gasteiger charge is 2.42. The number of fused-ring (bicyclic) bond motifs is 1. The fraction of sp³-hybridized carbons (Fsp3) is 0.419. The van der Waals surface area contributed by atoms with Crippen LogP contribution >= 0.6 is 0 Å². The molecular formula is C31H38N2O3. The van der Waals surface area contributed by atoms with Crippen molar-refractivity contribution < 1.29 is 14.2 Å². The third-order valence-corrected chi connectivity index (χ3v) is 7.70. The Balaban J connectivity index is 1.46. The fourth-order valence-electron chi connectivity index (χ4n) is 6.10. The molecule has 2 fully saturated rings. The molecule has 2 atom stereocenters.